The molecule has 1 aliphatic heterocycles. The molecule has 0 aliphatic carbocycles. The van der Waals surface area contributed by atoms with E-state index in [2.05, 4.69) is 26.8 Å². The molecule has 2 aromatic rings. The topological polar surface area (TPSA) is 92.8 Å². The molecular formula is C22H23ClF3N5O2S. The van der Waals surface area contributed by atoms with E-state index in [0.717, 1.165) is 5.56 Å². The lowest BCUT2D eigenvalue weighted by molar-refractivity contribution is -0.141. The number of nitrogens with zero attached hydrogens (tertiary/aromatic N) is 3. The number of carbonyl (C=O) groups is 1. The van der Waals surface area contributed by atoms with Gasteiger partial charge in [-0.2, -0.15) is 13.2 Å². The molecule has 0 spiro atoms. The van der Waals surface area contributed by atoms with Gasteiger partial charge in [0.2, 0.25) is 0 Å². The van der Waals surface area contributed by atoms with Crippen molar-refractivity contribution < 1.29 is 22.7 Å². The number of amidine groups is 1. The number of allylic oxidation sites excluding steroid dienone is 2. The second-order valence-electron chi connectivity index (χ2n) is 7.21. The fourth-order valence-corrected chi connectivity index (χ4v) is 4.35. The zero-order valence-corrected chi connectivity index (χ0v) is 19.6. The molecule has 3 N–H and O–H groups in total. The number of hydrogen-bond donors (Lipinski definition) is 2. The molecule has 1 atom stereocenters. The molecule has 182 valence electrons. The lowest BCUT2D eigenvalue weighted by Crippen LogP contribution is -2.43. The predicted octanol–water partition coefficient (Wildman–Crippen LogP) is 4.02. The Kier molecular flexibility index (Phi) is 8.84. The van der Waals surface area contributed by atoms with Crippen LogP contribution in [-0.2, 0) is 10.9 Å². The maximum Gasteiger partial charge on any atom is 0.435 e. The number of benzene rings is 1. The summed E-state index contributed by atoms with van der Waals surface area (Å²) in [5.74, 6) is -1.13. The lowest BCUT2D eigenvalue weighted by Gasteiger charge is -2.35. The summed E-state index contributed by atoms with van der Waals surface area (Å²) in [4.78, 5) is 21.8. The third-order valence-electron chi connectivity index (χ3n) is 4.95. The van der Waals surface area contributed by atoms with Gasteiger partial charge in [-0.15, -0.1) is 11.3 Å². The second kappa shape index (κ2) is 11.6. The van der Waals surface area contributed by atoms with Crippen LogP contribution in [0, 0.1) is 0 Å². The predicted molar refractivity (Wildman–Crippen MR) is 126 cm³/mol. The number of nitrogens with two attached hydrogens (primary N) is 1. The van der Waals surface area contributed by atoms with Gasteiger partial charge in [0.05, 0.1) is 19.3 Å². The minimum Gasteiger partial charge on any atom is -0.381 e. The standard InChI is InChI=1S/C22H23ClF3N5O2S/c1-2-3-8-28-19(27)21-30-18(22(24,25)26)17(34-21)20(32)29-13-16(31-9-11-33-12-10-31)14-4-6-15(23)7-5-14/h2-8,16H,1,9-13H2,(H2,27,28)(H,29,32)/b8-3-. The highest BCUT2D eigenvalue weighted by Gasteiger charge is 2.40. The third kappa shape index (κ3) is 6.66. The Morgan fingerprint density at radius 1 is 1.35 bits per heavy atom. The summed E-state index contributed by atoms with van der Waals surface area (Å²) in [6.07, 6.45) is -0.667. The first-order valence-corrected chi connectivity index (χ1v) is 11.4. The SMILES string of the molecule is C=C/C=C\N=C(/N)c1nc(C(F)(F)F)c(C(=O)NCC(c2ccc(Cl)cc2)N2CCOCC2)s1. The molecule has 7 nitrogen and oxygen atoms in total. The van der Waals surface area contributed by atoms with Crippen LogP contribution in [0.4, 0.5) is 13.2 Å². The molecule has 1 unspecified atom stereocenters. The summed E-state index contributed by atoms with van der Waals surface area (Å²) in [6.45, 7) is 5.83. The van der Waals surface area contributed by atoms with E-state index in [0.29, 0.717) is 42.7 Å². The molecule has 34 heavy (non-hydrogen) atoms. The average Bonchev–Trinajstić information content (AvgIpc) is 3.28. The number of aromatic nitrogens is 1. The Bertz CT molecular complexity index is 1060. The van der Waals surface area contributed by atoms with Crippen LogP contribution in [0.25, 0.3) is 0 Å². The van der Waals surface area contributed by atoms with E-state index in [9.17, 15) is 18.0 Å². The highest BCUT2D eigenvalue weighted by atomic mass is 35.5. The first-order valence-electron chi connectivity index (χ1n) is 10.3. The van der Waals surface area contributed by atoms with Crippen molar-refractivity contribution in [3.63, 3.8) is 0 Å². The molecule has 1 fully saturated rings. The Hall–Kier alpha value is -2.73. The van der Waals surface area contributed by atoms with Crippen LogP contribution in [0.1, 0.15) is 32.0 Å². The molecule has 12 heteroatoms. The number of aliphatic imine (C=N–C) groups is 1. The smallest absolute Gasteiger partial charge is 0.381 e. The number of alkyl halides is 3. The molecule has 0 radical (unpaired) electrons. The first kappa shape index (κ1) is 25.9. The highest BCUT2D eigenvalue weighted by Crippen LogP contribution is 2.34. The van der Waals surface area contributed by atoms with Gasteiger partial charge in [-0.3, -0.25) is 9.69 Å². The largest absolute Gasteiger partial charge is 0.435 e. The monoisotopic (exact) mass is 513 g/mol. The number of ether oxygens (including phenoxy) is 1. The second-order valence-corrected chi connectivity index (χ2v) is 8.65. The van der Waals surface area contributed by atoms with Crippen molar-refractivity contribution in [2.75, 3.05) is 32.8 Å². The molecule has 0 bridgehead atoms. The van der Waals surface area contributed by atoms with Crippen LogP contribution in [0.3, 0.4) is 0 Å². The van der Waals surface area contributed by atoms with Crippen LogP contribution in [0.2, 0.25) is 5.02 Å². The van der Waals surface area contributed by atoms with Gasteiger partial charge in [-0.25, -0.2) is 9.98 Å². The Morgan fingerprint density at radius 3 is 2.65 bits per heavy atom. The van der Waals surface area contributed by atoms with Gasteiger partial charge in [0.25, 0.3) is 5.91 Å². The summed E-state index contributed by atoms with van der Waals surface area (Å²) < 4.78 is 46.2. The van der Waals surface area contributed by atoms with Gasteiger partial charge in [-0.1, -0.05) is 36.4 Å². The van der Waals surface area contributed by atoms with Crippen LogP contribution < -0.4 is 11.1 Å². The molecule has 0 saturated carbocycles. The van der Waals surface area contributed by atoms with Crippen molar-refractivity contribution in [3.8, 4) is 0 Å². The quantitative estimate of drug-likeness (QED) is 0.316. The highest BCUT2D eigenvalue weighted by molar-refractivity contribution is 7.15. The number of halogens is 4. The van der Waals surface area contributed by atoms with Gasteiger partial charge < -0.3 is 15.8 Å². The summed E-state index contributed by atoms with van der Waals surface area (Å²) in [5, 5.41) is 2.99. The Balaban J connectivity index is 1.84. The number of morpholine rings is 1. The van der Waals surface area contributed by atoms with E-state index >= 15 is 0 Å². The van der Waals surface area contributed by atoms with Crippen molar-refractivity contribution in [3.05, 3.63) is 75.4 Å². The Morgan fingerprint density at radius 2 is 2.03 bits per heavy atom. The average molecular weight is 514 g/mol. The molecule has 1 saturated heterocycles. The first-order chi connectivity index (χ1) is 16.2. The molecule has 3 rings (SSSR count). The van der Waals surface area contributed by atoms with E-state index in [1.807, 2.05) is 12.1 Å². The minimum absolute atomic E-state index is 0.0800. The van der Waals surface area contributed by atoms with Crippen LogP contribution >= 0.6 is 22.9 Å². The van der Waals surface area contributed by atoms with Crippen molar-refractivity contribution in [1.29, 1.82) is 0 Å². The summed E-state index contributed by atoms with van der Waals surface area (Å²) in [6, 6.07) is 6.84. The van der Waals surface area contributed by atoms with Crippen molar-refractivity contribution in [2.45, 2.75) is 12.2 Å². The molecular weight excluding hydrogens is 491 g/mol. The lowest BCUT2D eigenvalue weighted by atomic mass is 10.0. The normalized spacial score (nSPS) is 16.5. The number of carbonyl (C=O) groups excluding carboxylic acids is 1. The van der Waals surface area contributed by atoms with Crippen molar-refractivity contribution >= 4 is 34.7 Å². The fourth-order valence-electron chi connectivity index (χ4n) is 3.32. The summed E-state index contributed by atoms with van der Waals surface area (Å²) in [5.41, 5.74) is 5.33. The minimum atomic E-state index is -4.83. The van der Waals surface area contributed by atoms with E-state index in [4.69, 9.17) is 22.1 Å². The molecule has 1 aliphatic rings. The van der Waals surface area contributed by atoms with Gasteiger partial charge >= 0.3 is 6.18 Å². The van der Waals surface area contributed by atoms with Crippen LogP contribution in [0.15, 0.2) is 54.2 Å². The zero-order valence-electron chi connectivity index (χ0n) is 18.0. The van der Waals surface area contributed by atoms with E-state index in [-0.39, 0.29) is 23.4 Å². The molecule has 1 amide bonds. The van der Waals surface area contributed by atoms with Crippen LogP contribution in [0.5, 0.6) is 0 Å². The van der Waals surface area contributed by atoms with Crippen molar-refractivity contribution in [1.82, 2.24) is 15.2 Å². The maximum atomic E-state index is 13.6. The van der Waals surface area contributed by atoms with Gasteiger partial charge in [0, 0.05) is 30.9 Å². The summed E-state index contributed by atoms with van der Waals surface area (Å²) in [7, 11) is 0. The van der Waals surface area contributed by atoms with Gasteiger partial charge in [0.15, 0.2) is 16.5 Å². The van der Waals surface area contributed by atoms with Crippen LogP contribution in [-0.4, -0.2) is 54.5 Å². The number of thiazole rings is 1. The van der Waals surface area contributed by atoms with E-state index in [1.165, 1.54) is 18.4 Å². The molecule has 1 aromatic heterocycles. The third-order valence-corrected chi connectivity index (χ3v) is 6.28. The van der Waals surface area contributed by atoms with Crippen molar-refractivity contribution in [2.24, 2.45) is 10.7 Å². The van der Waals surface area contributed by atoms with E-state index in [1.54, 1.807) is 12.1 Å². The Labute approximate surface area is 203 Å². The number of hydrogen-bond acceptors (Lipinski definition) is 6. The molecule has 2 heterocycles. The molecule has 1 aromatic carbocycles. The zero-order chi connectivity index (χ0) is 24.7. The maximum absolute atomic E-state index is 13.6. The number of nitrogens with one attached hydrogen (secondary N) is 1. The number of amides is 1. The van der Waals surface area contributed by atoms with Gasteiger partial charge in [0.1, 0.15) is 4.88 Å². The summed E-state index contributed by atoms with van der Waals surface area (Å²) >= 11 is 6.53. The fraction of sp³-hybridized carbons (Fsp3) is 0.318. The number of rotatable bonds is 8. The van der Waals surface area contributed by atoms with E-state index < -0.39 is 22.7 Å². The van der Waals surface area contributed by atoms with Gasteiger partial charge in [-0.05, 0) is 23.8 Å².